The fourth-order valence-corrected chi connectivity index (χ4v) is 5.16. The average molecular weight is 506 g/mol. The molecule has 2 aliphatic carbocycles. The van der Waals surface area contributed by atoms with E-state index in [1.54, 1.807) is 20.0 Å². The van der Waals surface area contributed by atoms with Crippen molar-refractivity contribution >= 4 is 17.2 Å². The second-order valence-electron chi connectivity index (χ2n) is 11.3. The van der Waals surface area contributed by atoms with Gasteiger partial charge < -0.3 is 20.5 Å². The van der Waals surface area contributed by atoms with E-state index in [2.05, 4.69) is 22.5 Å². The summed E-state index contributed by atoms with van der Waals surface area (Å²) in [6.45, 7) is 8.08. The molecule has 5 rings (SSSR count). The Morgan fingerprint density at radius 3 is 2.68 bits per heavy atom. The monoisotopic (exact) mass is 505 g/mol. The van der Waals surface area contributed by atoms with Crippen LogP contribution >= 0.6 is 0 Å². The predicted molar refractivity (Wildman–Crippen MR) is 145 cm³/mol. The van der Waals surface area contributed by atoms with Gasteiger partial charge in [-0.1, -0.05) is 19.4 Å². The average Bonchev–Trinajstić information content (AvgIpc) is 3.57. The maximum absolute atomic E-state index is 12.6. The third-order valence-corrected chi connectivity index (χ3v) is 7.47. The van der Waals surface area contributed by atoms with Gasteiger partial charge in [0.05, 0.1) is 23.2 Å². The summed E-state index contributed by atoms with van der Waals surface area (Å²) in [7, 11) is 0. The second-order valence-corrected chi connectivity index (χ2v) is 11.3. The van der Waals surface area contributed by atoms with Crippen LogP contribution in [0, 0.1) is 12.8 Å². The molecule has 1 aromatic carbocycles. The molecule has 0 radical (unpaired) electrons. The first-order chi connectivity index (χ1) is 17.7. The van der Waals surface area contributed by atoms with Crippen LogP contribution in [-0.2, 0) is 0 Å². The van der Waals surface area contributed by atoms with Crippen LogP contribution < -0.4 is 15.4 Å². The van der Waals surface area contributed by atoms with Gasteiger partial charge >= 0.3 is 0 Å². The Balaban J connectivity index is 1.50. The van der Waals surface area contributed by atoms with Crippen LogP contribution in [0.1, 0.15) is 81.6 Å². The van der Waals surface area contributed by atoms with Crippen molar-refractivity contribution in [3.8, 4) is 17.1 Å². The molecule has 2 fully saturated rings. The summed E-state index contributed by atoms with van der Waals surface area (Å²) in [4.78, 5) is 17.3. The highest BCUT2D eigenvalue weighted by Gasteiger charge is 2.27. The Morgan fingerprint density at radius 2 is 1.97 bits per heavy atom. The highest BCUT2D eigenvalue weighted by atomic mass is 16.5. The minimum atomic E-state index is -0.888. The highest BCUT2D eigenvalue weighted by molar-refractivity contribution is 5.96. The van der Waals surface area contributed by atoms with Gasteiger partial charge in [0.2, 0.25) is 5.88 Å². The summed E-state index contributed by atoms with van der Waals surface area (Å²) in [5, 5.41) is 21.6. The lowest BCUT2D eigenvalue weighted by atomic mass is 9.85. The van der Waals surface area contributed by atoms with Crippen LogP contribution in [0.4, 0.5) is 5.69 Å². The summed E-state index contributed by atoms with van der Waals surface area (Å²) in [6, 6.07) is 8.06. The number of benzene rings is 1. The van der Waals surface area contributed by atoms with E-state index >= 15 is 0 Å². The van der Waals surface area contributed by atoms with E-state index in [1.165, 1.54) is 19.3 Å². The molecule has 1 amide bonds. The highest BCUT2D eigenvalue weighted by Crippen LogP contribution is 2.33. The molecule has 8 heteroatoms. The fraction of sp³-hybridized carbons (Fsp3) is 0.552. The molecule has 3 aromatic rings. The number of carbonyl (C=O) groups excluding carboxylic acids is 1. The van der Waals surface area contributed by atoms with Gasteiger partial charge in [-0.2, -0.15) is 0 Å². The molecule has 2 unspecified atom stereocenters. The van der Waals surface area contributed by atoms with E-state index in [-0.39, 0.29) is 12.0 Å². The Hall–Kier alpha value is -3.13. The van der Waals surface area contributed by atoms with E-state index in [4.69, 9.17) is 9.84 Å². The zero-order chi connectivity index (χ0) is 26.2. The van der Waals surface area contributed by atoms with Crippen molar-refractivity contribution in [3.05, 3.63) is 41.6 Å². The van der Waals surface area contributed by atoms with E-state index in [0.29, 0.717) is 35.6 Å². The Kier molecular flexibility index (Phi) is 7.12. The summed E-state index contributed by atoms with van der Waals surface area (Å²) in [5.41, 5.74) is 3.88. The molecule has 0 bridgehead atoms. The van der Waals surface area contributed by atoms with Crippen LogP contribution in [0.5, 0.6) is 5.88 Å². The van der Waals surface area contributed by atoms with E-state index < -0.39 is 5.60 Å². The van der Waals surface area contributed by atoms with E-state index in [0.717, 1.165) is 48.2 Å². The number of aromatic nitrogens is 3. The van der Waals surface area contributed by atoms with Crippen molar-refractivity contribution < 1.29 is 14.6 Å². The Morgan fingerprint density at radius 1 is 1.19 bits per heavy atom. The van der Waals surface area contributed by atoms with Crippen LogP contribution in [0.3, 0.4) is 0 Å². The molecular formula is C29H39N5O3. The third-order valence-electron chi connectivity index (χ3n) is 7.47. The second kappa shape index (κ2) is 10.3. The number of anilines is 1. The first-order valence-corrected chi connectivity index (χ1v) is 13.7. The zero-order valence-corrected chi connectivity index (χ0v) is 22.4. The Bertz CT molecular complexity index is 1270. The number of hydrogen-bond acceptors (Lipinski definition) is 6. The first-order valence-electron chi connectivity index (χ1n) is 13.7. The summed E-state index contributed by atoms with van der Waals surface area (Å²) < 4.78 is 8.31. The maximum Gasteiger partial charge on any atom is 0.251 e. The number of ether oxygens (including phenoxy) is 1. The number of carbonyl (C=O) groups is 1. The van der Waals surface area contributed by atoms with Crippen molar-refractivity contribution in [2.45, 2.75) is 90.4 Å². The number of hydrogen-bond donors (Lipinski definition) is 3. The first kappa shape index (κ1) is 25.5. The van der Waals surface area contributed by atoms with Gasteiger partial charge in [0.15, 0.2) is 5.65 Å². The maximum atomic E-state index is 12.6. The van der Waals surface area contributed by atoms with Gasteiger partial charge in [-0.3, -0.25) is 4.79 Å². The largest absolute Gasteiger partial charge is 0.473 e. The minimum absolute atomic E-state index is 0.0189. The molecule has 3 N–H and O–H groups in total. The van der Waals surface area contributed by atoms with Crippen molar-refractivity contribution in [2.75, 3.05) is 11.9 Å². The number of amides is 1. The van der Waals surface area contributed by atoms with Crippen LogP contribution in [0.2, 0.25) is 0 Å². The normalized spacial score (nSPS) is 20.1. The molecule has 2 heterocycles. The molecule has 0 spiro atoms. The molecule has 37 heavy (non-hydrogen) atoms. The Labute approximate surface area is 218 Å². The number of aryl methyl sites for hydroxylation is 1. The standard InChI is InChI=1S/C29H39N5O3/c1-5-19-8-6-7-9-25(19)37-26-15-23(31-17-29(3,4)36)27-30-16-24(34(27)33-26)20-10-13-22(18(2)14-20)28(35)32-21-11-12-21/h10,13-16,19,21,25,31,36H,5-9,11-12,17H2,1-4H3,(H,32,35). The molecule has 2 saturated carbocycles. The molecule has 2 atom stereocenters. The van der Waals surface area contributed by atoms with Gasteiger partial charge in [-0.05, 0) is 82.9 Å². The molecular weight excluding hydrogens is 466 g/mol. The van der Waals surface area contributed by atoms with Gasteiger partial charge in [0, 0.05) is 29.8 Å². The summed E-state index contributed by atoms with van der Waals surface area (Å²) >= 11 is 0. The number of fused-ring (bicyclic) bond motifs is 1. The number of nitrogens with zero attached hydrogens (tertiary/aromatic N) is 3. The van der Waals surface area contributed by atoms with Crippen LogP contribution in [-0.4, -0.2) is 49.9 Å². The van der Waals surface area contributed by atoms with E-state index in [9.17, 15) is 9.90 Å². The van der Waals surface area contributed by atoms with Crippen molar-refractivity contribution in [2.24, 2.45) is 5.92 Å². The fourth-order valence-electron chi connectivity index (χ4n) is 5.16. The van der Waals surface area contributed by atoms with Gasteiger partial charge in [-0.25, -0.2) is 9.50 Å². The minimum Gasteiger partial charge on any atom is -0.473 e. The lowest BCUT2D eigenvalue weighted by Crippen LogP contribution is -2.31. The number of imidazole rings is 1. The number of nitrogens with one attached hydrogen (secondary N) is 2. The van der Waals surface area contributed by atoms with Gasteiger partial charge in [-0.15, -0.1) is 5.10 Å². The SMILES string of the molecule is CCC1CCCCC1Oc1cc(NCC(C)(C)O)c2ncc(-c3ccc(C(=O)NC4CC4)c(C)c3)n2n1. The lowest BCUT2D eigenvalue weighted by molar-refractivity contribution is 0.0845. The zero-order valence-electron chi connectivity index (χ0n) is 22.4. The summed E-state index contributed by atoms with van der Waals surface area (Å²) in [6.07, 6.45) is 9.79. The summed E-state index contributed by atoms with van der Waals surface area (Å²) in [5.74, 6) is 1.06. The molecule has 2 aromatic heterocycles. The smallest absolute Gasteiger partial charge is 0.251 e. The number of aliphatic hydroxyl groups is 1. The lowest BCUT2D eigenvalue weighted by Gasteiger charge is -2.31. The van der Waals surface area contributed by atoms with Crippen molar-refractivity contribution in [1.29, 1.82) is 0 Å². The molecule has 0 saturated heterocycles. The van der Waals surface area contributed by atoms with Crippen molar-refractivity contribution in [1.82, 2.24) is 19.9 Å². The third kappa shape index (κ3) is 5.90. The molecule has 198 valence electrons. The molecule has 0 aliphatic heterocycles. The van der Waals surface area contributed by atoms with Crippen LogP contribution in [0.15, 0.2) is 30.5 Å². The van der Waals surface area contributed by atoms with Crippen molar-refractivity contribution in [3.63, 3.8) is 0 Å². The van der Waals surface area contributed by atoms with Gasteiger partial charge in [0.1, 0.15) is 6.10 Å². The quantitative estimate of drug-likeness (QED) is 0.373. The van der Waals surface area contributed by atoms with E-state index in [1.807, 2.05) is 35.7 Å². The molecule has 8 nitrogen and oxygen atoms in total. The topological polar surface area (TPSA) is 101 Å². The van der Waals surface area contributed by atoms with Crippen LogP contribution in [0.25, 0.3) is 16.9 Å². The predicted octanol–water partition coefficient (Wildman–Crippen LogP) is 5.13. The number of rotatable bonds is 9. The van der Waals surface area contributed by atoms with Gasteiger partial charge in [0.25, 0.3) is 5.91 Å². The molecule has 2 aliphatic rings.